The highest BCUT2D eigenvalue weighted by Gasteiger charge is 2.24. The Morgan fingerprint density at radius 3 is 2.52 bits per heavy atom. The van der Waals surface area contributed by atoms with Crippen LogP contribution in [0.25, 0.3) is 6.08 Å². The molecule has 0 bridgehead atoms. The lowest BCUT2D eigenvalue weighted by molar-refractivity contribution is -0.134. The molecular formula is C15H25N3O4S. The van der Waals surface area contributed by atoms with Crippen LogP contribution >= 0.6 is 0 Å². The Labute approximate surface area is 138 Å². The Kier molecular flexibility index (Phi) is 6.12. The number of hydrogen-bond acceptors (Lipinski definition) is 5. The minimum absolute atomic E-state index is 0.00436. The van der Waals surface area contributed by atoms with Crippen molar-refractivity contribution in [2.24, 2.45) is 5.41 Å². The standard InChI is InChI=1S/C15H25N3O4S/c1-7-15(2,3)10-12-11-18(23(20,21)17(4)5)13(16-12)8-9-14(19)22-6/h8-9,11H,7,10H2,1-6H3/b9-8+. The van der Waals surface area contributed by atoms with Gasteiger partial charge >= 0.3 is 16.2 Å². The highest BCUT2D eigenvalue weighted by Crippen LogP contribution is 2.25. The van der Waals surface area contributed by atoms with E-state index in [1.807, 2.05) is 0 Å². The summed E-state index contributed by atoms with van der Waals surface area (Å²) in [5, 5.41) is 0. The van der Waals surface area contributed by atoms with Crippen molar-refractivity contribution in [3.05, 3.63) is 23.8 Å². The lowest BCUT2D eigenvalue weighted by Crippen LogP contribution is -2.29. The molecule has 0 fully saturated rings. The molecule has 1 aromatic heterocycles. The second-order valence-corrected chi connectivity index (χ2v) is 8.25. The smallest absolute Gasteiger partial charge is 0.330 e. The third kappa shape index (κ3) is 4.90. The molecule has 7 nitrogen and oxygen atoms in total. The van der Waals surface area contributed by atoms with Crippen LogP contribution < -0.4 is 0 Å². The van der Waals surface area contributed by atoms with Crippen LogP contribution in [0.2, 0.25) is 0 Å². The Balaban J connectivity index is 3.33. The summed E-state index contributed by atoms with van der Waals surface area (Å²) in [6.45, 7) is 6.26. The Bertz CT molecular complexity index is 688. The van der Waals surface area contributed by atoms with Crippen LogP contribution in [0.1, 0.15) is 38.7 Å². The second-order valence-electron chi connectivity index (χ2n) is 6.23. The molecule has 1 aromatic rings. The van der Waals surface area contributed by atoms with Crippen molar-refractivity contribution in [3.8, 4) is 0 Å². The van der Waals surface area contributed by atoms with Gasteiger partial charge in [-0.2, -0.15) is 12.7 Å². The summed E-state index contributed by atoms with van der Waals surface area (Å²) in [5.41, 5.74) is 0.663. The molecule has 0 aliphatic rings. The van der Waals surface area contributed by atoms with Gasteiger partial charge in [-0.25, -0.2) is 13.8 Å². The largest absolute Gasteiger partial charge is 0.466 e. The number of rotatable bonds is 7. The van der Waals surface area contributed by atoms with Crippen molar-refractivity contribution >= 4 is 22.3 Å². The number of hydrogen-bond donors (Lipinski definition) is 0. The van der Waals surface area contributed by atoms with Crippen LogP contribution in [0.4, 0.5) is 0 Å². The van der Waals surface area contributed by atoms with Crippen LogP contribution in [0.15, 0.2) is 12.3 Å². The number of esters is 1. The van der Waals surface area contributed by atoms with Crippen molar-refractivity contribution in [2.75, 3.05) is 21.2 Å². The molecule has 0 saturated heterocycles. The van der Waals surface area contributed by atoms with Crippen LogP contribution in [-0.4, -0.2) is 48.9 Å². The van der Waals surface area contributed by atoms with E-state index in [4.69, 9.17) is 0 Å². The van der Waals surface area contributed by atoms with Crippen molar-refractivity contribution in [1.82, 2.24) is 13.3 Å². The minimum atomic E-state index is -3.72. The lowest BCUT2D eigenvalue weighted by Gasteiger charge is -2.20. The zero-order valence-electron chi connectivity index (χ0n) is 14.5. The highest BCUT2D eigenvalue weighted by molar-refractivity contribution is 7.87. The number of methoxy groups -OCH3 is 1. The van der Waals surface area contributed by atoms with Gasteiger partial charge in [0.1, 0.15) is 5.82 Å². The average molecular weight is 343 g/mol. The van der Waals surface area contributed by atoms with Crippen molar-refractivity contribution in [1.29, 1.82) is 0 Å². The van der Waals surface area contributed by atoms with Crippen LogP contribution in [0.3, 0.4) is 0 Å². The van der Waals surface area contributed by atoms with Crippen molar-refractivity contribution in [3.63, 3.8) is 0 Å². The van der Waals surface area contributed by atoms with Gasteiger partial charge in [-0.3, -0.25) is 0 Å². The number of nitrogens with zero attached hydrogens (tertiary/aromatic N) is 3. The third-order valence-electron chi connectivity index (χ3n) is 3.65. The zero-order valence-corrected chi connectivity index (χ0v) is 15.3. The second kappa shape index (κ2) is 7.27. The number of carbonyl (C=O) groups excluding carboxylic acids is 1. The van der Waals surface area contributed by atoms with Gasteiger partial charge in [0, 0.05) is 26.4 Å². The highest BCUT2D eigenvalue weighted by atomic mass is 32.2. The molecule has 0 atom stereocenters. The SMILES string of the molecule is CCC(C)(C)Cc1cn(S(=O)(=O)N(C)C)c(/C=C/C(=O)OC)n1. The third-order valence-corrected chi connectivity index (χ3v) is 5.36. The van der Waals surface area contributed by atoms with Gasteiger partial charge in [-0.15, -0.1) is 0 Å². The maximum atomic E-state index is 12.4. The van der Waals surface area contributed by atoms with E-state index >= 15 is 0 Å². The number of ether oxygens (including phenoxy) is 1. The van der Waals surface area contributed by atoms with Crippen LogP contribution in [-0.2, 0) is 26.2 Å². The van der Waals surface area contributed by atoms with E-state index in [0.717, 1.165) is 20.8 Å². The van der Waals surface area contributed by atoms with E-state index in [-0.39, 0.29) is 11.2 Å². The summed E-state index contributed by atoms with van der Waals surface area (Å²) < 4.78 is 31.5. The maximum Gasteiger partial charge on any atom is 0.330 e. The molecule has 0 N–H and O–H groups in total. The van der Waals surface area contributed by atoms with Gasteiger partial charge in [0.15, 0.2) is 0 Å². The summed E-state index contributed by atoms with van der Waals surface area (Å²) in [6, 6.07) is 0. The van der Waals surface area contributed by atoms with E-state index < -0.39 is 16.2 Å². The first-order valence-corrected chi connectivity index (χ1v) is 8.70. The van der Waals surface area contributed by atoms with Gasteiger partial charge in [-0.1, -0.05) is 27.2 Å². The molecule has 0 aliphatic carbocycles. The van der Waals surface area contributed by atoms with E-state index in [0.29, 0.717) is 12.1 Å². The Morgan fingerprint density at radius 2 is 2.04 bits per heavy atom. The first-order valence-electron chi connectivity index (χ1n) is 7.31. The van der Waals surface area contributed by atoms with Gasteiger partial charge in [0.05, 0.1) is 12.8 Å². The normalized spacial score (nSPS) is 13.0. The molecule has 1 heterocycles. The summed E-state index contributed by atoms with van der Waals surface area (Å²) in [4.78, 5) is 15.6. The fraction of sp³-hybridized carbons (Fsp3) is 0.600. The topological polar surface area (TPSA) is 81.5 Å². The molecule has 0 amide bonds. The van der Waals surface area contributed by atoms with Gasteiger partial charge < -0.3 is 4.74 Å². The number of imidazole rings is 1. The molecule has 1 rings (SSSR count). The van der Waals surface area contributed by atoms with E-state index in [1.165, 1.54) is 33.5 Å². The van der Waals surface area contributed by atoms with E-state index in [1.54, 1.807) is 0 Å². The van der Waals surface area contributed by atoms with Crippen molar-refractivity contribution in [2.45, 2.75) is 33.6 Å². The molecule has 130 valence electrons. The summed E-state index contributed by atoms with van der Waals surface area (Å²) in [5.74, 6) is -0.400. The van der Waals surface area contributed by atoms with E-state index in [9.17, 15) is 13.2 Å². The molecule has 0 radical (unpaired) electrons. The monoisotopic (exact) mass is 343 g/mol. The predicted octanol–water partition coefficient (Wildman–Crippen LogP) is 1.70. The van der Waals surface area contributed by atoms with Gasteiger partial charge in [0.25, 0.3) is 0 Å². The first-order chi connectivity index (χ1) is 10.5. The molecule has 23 heavy (non-hydrogen) atoms. The quantitative estimate of drug-likeness (QED) is 0.556. The molecular weight excluding hydrogens is 318 g/mol. The summed E-state index contributed by atoms with van der Waals surface area (Å²) in [7, 11) is 0.422. The predicted molar refractivity (Wildman–Crippen MR) is 89.1 cm³/mol. The molecule has 0 spiro atoms. The maximum absolute atomic E-state index is 12.4. The van der Waals surface area contributed by atoms with Crippen LogP contribution in [0.5, 0.6) is 0 Å². The first kappa shape index (κ1) is 19.4. The zero-order chi connectivity index (χ0) is 17.8. The van der Waals surface area contributed by atoms with Gasteiger partial charge in [-0.05, 0) is 17.9 Å². The number of carbonyl (C=O) groups is 1. The van der Waals surface area contributed by atoms with E-state index in [2.05, 4.69) is 30.5 Å². The fourth-order valence-corrected chi connectivity index (χ4v) is 2.75. The Morgan fingerprint density at radius 1 is 1.43 bits per heavy atom. The minimum Gasteiger partial charge on any atom is -0.466 e. The molecule has 0 saturated carbocycles. The molecule has 0 aliphatic heterocycles. The Hall–Kier alpha value is -1.67. The molecule has 0 aromatic carbocycles. The van der Waals surface area contributed by atoms with Gasteiger partial charge in [0.2, 0.25) is 0 Å². The fourth-order valence-electron chi connectivity index (χ4n) is 1.81. The van der Waals surface area contributed by atoms with Crippen LogP contribution in [0, 0.1) is 5.41 Å². The number of aromatic nitrogens is 2. The molecule has 0 unspecified atom stereocenters. The van der Waals surface area contributed by atoms with Crippen molar-refractivity contribution < 1.29 is 17.9 Å². The summed E-state index contributed by atoms with van der Waals surface area (Å²) >= 11 is 0. The lowest BCUT2D eigenvalue weighted by atomic mass is 9.85. The molecule has 8 heteroatoms. The summed E-state index contributed by atoms with van der Waals surface area (Å²) in [6.07, 6.45) is 5.57. The average Bonchev–Trinajstić information content (AvgIpc) is 2.87.